The maximum absolute atomic E-state index is 13.3. The summed E-state index contributed by atoms with van der Waals surface area (Å²) < 4.78 is 36.7. The zero-order valence-electron chi connectivity index (χ0n) is 13.7. The van der Waals surface area contributed by atoms with Gasteiger partial charge in [0, 0.05) is 19.2 Å². The summed E-state index contributed by atoms with van der Waals surface area (Å²) in [4.78, 5) is 16.5. The number of hydrogen-bond donors (Lipinski definition) is 1. The van der Waals surface area contributed by atoms with Gasteiger partial charge in [0.25, 0.3) is 0 Å². The molecular weight excluding hydrogens is 330 g/mol. The Morgan fingerprint density at radius 2 is 2.12 bits per heavy atom. The molecule has 2 aromatic rings. The summed E-state index contributed by atoms with van der Waals surface area (Å²) in [6.45, 7) is 0.724. The van der Waals surface area contributed by atoms with Gasteiger partial charge in [0.1, 0.15) is 12.3 Å². The smallest absolute Gasteiger partial charge is 0.237 e. The molecule has 7 heteroatoms. The van der Waals surface area contributed by atoms with Crippen molar-refractivity contribution in [1.82, 2.24) is 4.98 Å². The molecule has 0 aliphatic heterocycles. The number of pyridine rings is 1. The fourth-order valence-corrected chi connectivity index (χ4v) is 2.64. The second kappa shape index (κ2) is 7.57. The van der Waals surface area contributed by atoms with Crippen LogP contribution in [0.4, 0.5) is 14.5 Å². The van der Waals surface area contributed by atoms with Crippen LogP contribution >= 0.6 is 0 Å². The normalized spacial score (nSPS) is 18.7. The molecule has 1 amide bonds. The number of nitrogens with one attached hydrogen (secondary N) is 1. The molecule has 1 fully saturated rings. The molecule has 0 bridgehead atoms. The van der Waals surface area contributed by atoms with E-state index in [9.17, 15) is 13.6 Å². The van der Waals surface area contributed by atoms with Gasteiger partial charge in [-0.15, -0.1) is 0 Å². The van der Waals surface area contributed by atoms with E-state index < -0.39 is 11.6 Å². The van der Waals surface area contributed by atoms with Crippen molar-refractivity contribution in [3.05, 3.63) is 53.7 Å². The van der Waals surface area contributed by atoms with Gasteiger partial charge in [0.15, 0.2) is 11.6 Å². The lowest BCUT2D eigenvalue weighted by Gasteiger charge is -2.11. The predicted octanol–water partition coefficient (Wildman–Crippen LogP) is 3.13. The molecule has 0 radical (unpaired) electrons. The van der Waals surface area contributed by atoms with E-state index in [2.05, 4.69) is 10.3 Å². The first-order chi connectivity index (χ1) is 12.1. The fourth-order valence-electron chi connectivity index (χ4n) is 2.64. The molecular formula is C18H18F2N2O3. The number of methoxy groups -OCH3 is 1. The lowest BCUT2D eigenvalue weighted by molar-refractivity contribution is -0.117. The number of aromatic nitrogens is 1. The van der Waals surface area contributed by atoms with Gasteiger partial charge in [0.2, 0.25) is 11.8 Å². The van der Waals surface area contributed by atoms with Crippen LogP contribution in [0.5, 0.6) is 5.88 Å². The van der Waals surface area contributed by atoms with Crippen LogP contribution < -0.4 is 10.1 Å². The summed E-state index contributed by atoms with van der Waals surface area (Å²) in [5.74, 6) is -2.05. The molecule has 2 atom stereocenters. The highest BCUT2D eigenvalue weighted by Crippen LogP contribution is 2.48. The zero-order chi connectivity index (χ0) is 17.8. The Hall–Kier alpha value is -2.54. The van der Waals surface area contributed by atoms with Crippen LogP contribution in [0.3, 0.4) is 0 Å². The topological polar surface area (TPSA) is 60.5 Å². The number of anilines is 1. The first-order valence-corrected chi connectivity index (χ1v) is 7.92. The average molecular weight is 348 g/mol. The summed E-state index contributed by atoms with van der Waals surface area (Å²) >= 11 is 0. The number of hydrogen-bond acceptors (Lipinski definition) is 4. The summed E-state index contributed by atoms with van der Waals surface area (Å²) in [6, 6.07) is 7.14. The zero-order valence-corrected chi connectivity index (χ0v) is 13.7. The van der Waals surface area contributed by atoms with Gasteiger partial charge >= 0.3 is 0 Å². The standard InChI is InChI=1S/C18H18F2N2O3/c1-24-7-8-25-18-16(3-2-6-21-18)22-17(23)13-10-12(13)11-4-5-14(19)15(20)9-11/h2-6,9,12-13H,7-8,10H2,1H3,(H,22,23)/t12-,13+/m0/s1. The van der Waals surface area contributed by atoms with Crippen LogP contribution in [-0.4, -0.2) is 31.2 Å². The Balaban J connectivity index is 1.63. The maximum atomic E-state index is 13.3. The van der Waals surface area contributed by atoms with E-state index in [1.165, 1.54) is 6.07 Å². The minimum atomic E-state index is -0.898. The molecule has 0 spiro atoms. The van der Waals surface area contributed by atoms with Crippen LogP contribution in [0, 0.1) is 17.6 Å². The molecule has 1 aromatic carbocycles. The molecule has 1 N–H and O–H groups in total. The number of carbonyl (C=O) groups is 1. The molecule has 3 rings (SSSR count). The lowest BCUT2D eigenvalue weighted by Crippen LogP contribution is -2.16. The van der Waals surface area contributed by atoms with Gasteiger partial charge < -0.3 is 14.8 Å². The molecule has 1 aliphatic carbocycles. The number of ether oxygens (including phenoxy) is 2. The number of nitrogens with zero attached hydrogens (tertiary/aromatic N) is 1. The molecule has 132 valence electrons. The van der Waals surface area contributed by atoms with E-state index in [0.29, 0.717) is 36.8 Å². The quantitative estimate of drug-likeness (QED) is 0.781. The van der Waals surface area contributed by atoms with Gasteiger partial charge in [-0.3, -0.25) is 4.79 Å². The Morgan fingerprint density at radius 3 is 2.88 bits per heavy atom. The highest BCUT2D eigenvalue weighted by molar-refractivity contribution is 5.96. The van der Waals surface area contributed by atoms with Crippen molar-refractivity contribution in [2.45, 2.75) is 12.3 Å². The van der Waals surface area contributed by atoms with Crippen LogP contribution in [0.15, 0.2) is 36.5 Å². The Morgan fingerprint density at radius 1 is 1.28 bits per heavy atom. The number of halogens is 2. The third-order valence-electron chi connectivity index (χ3n) is 4.05. The van der Waals surface area contributed by atoms with E-state index in [1.54, 1.807) is 25.4 Å². The number of amides is 1. The molecule has 5 nitrogen and oxygen atoms in total. The average Bonchev–Trinajstić information content (AvgIpc) is 3.40. The van der Waals surface area contributed by atoms with Crippen LogP contribution in [0.1, 0.15) is 17.9 Å². The summed E-state index contributed by atoms with van der Waals surface area (Å²) in [7, 11) is 1.57. The van der Waals surface area contributed by atoms with Crippen LogP contribution in [0.25, 0.3) is 0 Å². The van der Waals surface area contributed by atoms with Gasteiger partial charge in [0.05, 0.1) is 6.61 Å². The minimum absolute atomic E-state index is 0.107. The molecule has 1 aliphatic rings. The molecule has 1 saturated carbocycles. The molecule has 25 heavy (non-hydrogen) atoms. The van der Waals surface area contributed by atoms with E-state index in [-0.39, 0.29) is 17.7 Å². The number of benzene rings is 1. The monoisotopic (exact) mass is 348 g/mol. The van der Waals surface area contributed by atoms with Gasteiger partial charge in [-0.1, -0.05) is 6.07 Å². The maximum Gasteiger partial charge on any atom is 0.237 e. The Kier molecular flexibility index (Phi) is 5.23. The highest BCUT2D eigenvalue weighted by atomic mass is 19.2. The Labute approximate surface area is 144 Å². The van der Waals surface area contributed by atoms with Gasteiger partial charge in [-0.25, -0.2) is 13.8 Å². The molecule has 0 unspecified atom stereocenters. The predicted molar refractivity (Wildman–Crippen MR) is 87.4 cm³/mol. The second-order valence-electron chi connectivity index (χ2n) is 5.81. The Bertz CT molecular complexity index is 770. The molecule has 0 saturated heterocycles. The lowest BCUT2D eigenvalue weighted by atomic mass is 10.1. The van der Waals surface area contributed by atoms with Crippen molar-refractivity contribution in [2.24, 2.45) is 5.92 Å². The van der Waals surface area contributed by atoms with E-state index in [4.69, 9.17) is 9.47 Å². The van der Waals surface area contributed by atoms with Crippen LogP contribution in [-0.2, 0) is 9.53 Å². The van der Waals surface area contributed by atoms with Crippen molar-refractivity contribution in [3.63, 3.8) is 0 Å². The first-order valence-electron chi connectivity index (χ1n) is 7.92. The van der Waals surface area contributed by atoms with Crippen molar-refractivity contribution in [1.29, 1.82) is 0 Å². The van der Waals surface area contributed by atoms with Crippen molar-refractivity contribution < 1.29 is 23.0 Å². The SMILES string of the molecule is COCCOc1ncccc1NC(=O)[C@@H]1C[C@H]1c1ccc(F)c(F)c1. The summed E-state index contributed by atoms with van der Waals surface area (Å²) in [5.41, 5.74) is 1.10. The second-order valence-corrected chi connectivity index (χ2v) is 5.81. The van der Waals surface area contributed by atoms with E-state index in [1.807, 2.05) is 0 Å². The number of rotatable bonds is 7. The van der Waals surface area contributed by atoms with Crippen LogP contribution in [0.2, 0.25) is 0 Å². The summed E-state index contributed by atoms with van der Waals surface area (Å²) in [6.07, 6.45) is 2.16. The van der Waals surface area contributed by atoms with E-state index >= 15 is 0 Å². The molecule has 1 heterocycles. The first kappa shape index (κ1) is 17.3. The van der Waals surface area contributed by atoms with Gasteiger partial charge in [-0.2, -0.15) is 0 Å². The fraction of sp³-hybridized carbons (Fsp3) is 0.333. The highest BCUT2D eigenvalue weighted by Gasteiger charge is 2.44. The third kappa shape index (κ3) is 4.11. The third-order valence-corrected chi connectivity index (χ3v) is 4.05. The van der Waals surface area contributed by atoms with Crippen molar-refractivity contribution >= 4 is 11.6 Å². The minimum Gasteiger partial charge on any atom is -0.474 e. The van der Waals surface area contributed by atoms with Crippen molar-refractivity contribution in [2.75, 3.05) is 25.6 Å². The summed E-state index contributed by atoms with van der Waals surface area (Å²) in [5, 5.41) is 2.79. The largest absolute Gasteiger partial charge is 0.474 e. The van der Waals surface area contributed by atoms with Gasteiger partial charge in [-0.05, 0) is 42.2 Å². The number of carbonyl (C=O) groups excluding carboxylic acids is 1. The van der Waals surface area contributed by atoms with Crippen molar-refractivity contribution in [3.8, 4) is 5.88 Å². The van der Waals surface area contributed by atoms with E-state index in [0.717, 1.165) is 12.1 Å². The molecule has 1 aromatic heterocycles.